The Balaban J connectivity index is 2.86. The zero-order valence-electron chi connectivity index (χ0n) is 9.18. The third kappa shape index (κ3) is 2.95. The topological polar surface area (TPSA) is 0 Å². The van der Waals surface area contributed by atoms with Gasteiger partial charge in [-0.25, -0.2) is 0 Å². The van der Waals surface area contributed by atoms with Crippen molar-refractivity contribution in [3.05, 3.63) is 52.3 Å². The van der Waals surface area contributed by atoms with Gasteiger partial charge in [0.05, 0.1) is 40.2 Å². The summed E-state index contributed by atoms with van der Waals surface area (Å²) in [6.45, 7) is 0. The van der Waals surface area contributed by atoms with E-state index < -0.39 is 0 Å². The summed E-state index contributed by atoms with van der Waals surface area (Å²) in [7, 11) is 0. The van der Waals surface area contributed by atoms with E-state index in [2.05, 4.69) is 0 Å². The zero-order valence-corrected chi connectivity index (χ0v) is 15.2. The number of rotatable bonds is 1. The lowest BCUT2D eigenvalue weighted by Crippen LogP contribution is -1.88. The van der Waals surface area contributed by atoms with E-state index in [0.717, 1.165) is 0 Å². The number of benzene rings is 2. The Morgan fingerprint density at radius 2 is 0.950 bits per heavy atom. The van der Waals surface area contributed by atoms with E-state index in [4.69, 9.17) is 92.8 Å². The van der Waals surface area contributed by atoms with Crippen LogP contribution in [-0.2, 0) is 0 Å². The van der Waals surface area contributed by atoms with Crippen molar-refractivity contribution in [1.29, 1.82) is 0 Å². The lowest BCUT2D eigenvalue weighted by molar-refractivity contribution is 1.61. The smallest absolute Gasteiger partial charge is 0.0800 e. The van der Waals surface area contributed by atoms with Crippen LogP contribution >= 0.6 is 92.8 Å². The highest BCUT2D eigenvalue weighted by atomic mass is 35.5. The summed E-state index contributed by atoms with van der Waals surface area (Å²) >= 11 is 48.3. The molecule has 0 fully saturated rings. The van der Waals surface area contributed by atoms with Crippen LogP contribution in [0.15, 0.2) is 12.1 Å². The largest absolute Gasteiger partial charge is 0.0835 e. The van der Waals surface area contributed by atoms with Crippen LogP contribution in [0.4, 0.5) is 0 Å². The maximum absolute atomic E-state index is 6.18. The van der Waals surface area contributed by atoms with Gasteiger partial charge in [0, 0.05) is 11.1 Å². The quantitative estimate of drug-likeness (QED) is 0.314. The maximum atomic E-state index is 6.18. The molecule has 8 heteroatoms. The van der Waals surface area contributed by atoms with Gasteiger partial charge in [-0.2, -0.15) is 0 Å². The van der Waals surface area contributed by atoms with Gasteiger partial charge in [0.2, 0.25) is 0 Å². The molecule has 0 amide bonds. The summed E-state index contributed by atoms with van der Waals surface area (Å²) in [6, 6.07) is 2.97. The Labute approximate surface area is 155 Å². The molecule has 0 nitrogen and oxygen atoms in total. The standard InChI is InChI=1S/C12H2Cl8/c13-4-2-6(15)9(17)11(19)7(4)3-1-5(14)10(18)12(20)8(3)16/h1-2H. The van der Waals surface area contributed by atoms with Crippen LogP contribution < -0.4 is 0 Å². The molecule has 0 spiro atoms. The molecule has 0 aliphatic heterocycles. The first-order valence-electron chi connectivity index (χ1n) is 4.92. The van der Waals surface area contributed by atoms with Crippen molar-refractivity contribution in [3.63, 3.8) is 0 Å². The fourth-order valence-electron chi connectivity index (χ4n) is 1.57. The number of hydrogen-bond donors (Lipinski definition) is 0. The minimum atomic E-state index is 0.106. The molecule has 0 saturated heterocycles. The number of hydrogen-bond acceptors (Lipinski definition) is 0. The predicted molar refractivity (Wildman–Crippen MR) is 92.0 cm³/mol. The van der Waals surface area contributed by atoms with E-state index in [0.29, 0.717) is 11.1 Å². The van der Waals surface area contributed by atoms with Crippen LogP contribution in [0.1, 0.15) is 0 Å². The van der Waals surface area contributed by atoms with Crippen LogP contribution in [-0.4, -0.2) is 0 Å². The molecule has 0 atom stereocenters. The summed E-state index contributed by atoms with van der Waals surface area (Å²) in [5, 5.41) is 1.45. The fourth-order valence-corrected chi connectivity index (χ4v) is 3.58. The van der Waals surface area contributed by atoms with Crippen molar-refractivity contribution in [3.8, 4) is 11.1 Å². The summed E-state index contributed by atoms with van der Waals surface area (Å²) in [5.74, 6) is 0. The van der Waals surface area contributed by atoms with Crippen LogP contribution in [0, 0.1) is 0 Å². The lowest BCUT2D eigenvalue weighted by Gasteiger charge is -2.14. The number of halogens is 8. The molecule has 0 N–H and O–H groups in total. The van der Waals surface area contributed by atoms with Crippen molar-refractivity contribution in [2.24, 2.45) is 0 Å². The molecule has 2 rings (SSSR count). The fraction of sp³-hybridized carbons (Fsp3) is 0. The normalized spacial score (nSPS) is 11.0. The first kappa shape index (κ1) is 17.1. The van der Waals surface area contributed by atoms with Gasteiger partial charge in [-0.15, -0.1) is 0 Å². The van der Waals surface area contributed by atoms with E-state index >= 15 is 0 Å². The van der Waals surface area contributed by atoms with Crippen molar-refractivity contribution in [2.45, 2.75) is 0 Å². The van der Waals surface area contributed by atoms with Crippen LogP contribution in [0.3, 0.4) is 0 Å². The molecule has 0 bridgehead atoms. The van der Waals surface area contributed by atoms with Crippen molar-refractivity contribution in [2.75, 3.05) is 0 Å². The van der Waals surface area contributed by atoms with Crippen molar-refractivity contribution < 1.29 is 0 Å². The minimum absolute atomic E-state index is 0.106. The molecule has 2 aromatic rings. The SMILES string of the molecule is Clc1cc(-c2c(Cl)cc(Cl)c(Cl)c2Cl)c(Cl)c(Cl)c1Cl. The van der Waals surface area contributed by atoms with Gasteiger partial charge >= 0.3 is 0 Å². The summed E-state index contributed by atoms with van der Waals surface area (Å²) < 4.78 is 0. The van der Waals surface area contributed by atoms with Gasteiger partial charge < -0.3 is 0 Å². The van der Waals surface area contributed by atoms with Gasteiger partial charge in [-0.1, -0.05) is 92.8 Å². The van der Waals surface area contributed by atoms with Crippen LogP contribution in [0.5, 0.6) is 0 Å². The third-order valence-electron chi connectivity index (χ3n) is 2.49. The van der Waals surface area contributed by atoms with Gasteiger partial charge in [0.1, 0.15) is 0 Å². The van der Waals surface area contributed by atoms with E-state index in [1.165, 1.54) is 12.1 Å². The molecule has 0 aliphatic carbocycles. The highest BCUT2D eigenvalue weighted by molar-refractivity contribution is 6.54. The van der Waals surface area contributed by atoms with Crippen molar-refractivity contribution in [1.82, 2.24) is 0 Å². The minimum Gasteiger partial charge on any atom is -0.0835 e. The first-order valence-corrected chi connectivity index (χ1v) is 7.94. The molecule has 0 aliphatic rings. The molecule has 0 heterocycles. The van der Waals surface area contributed by atoms with E-state index in [9.17, 15) is 0 Å². The second-order valence-electron chi connectivity index (χ2n) is 3.69. The molecular weight excluding hydrogens is 428 g/mol. The Morgan fingerprint density at radius 3 is 1.55 bits per heavy atom. The van der Waals surface area contributed by atoms with E-state index in [-0.39, 0.29) is 40.2 Å². The van der Waals surface area contributed by atoms with Crippen molar-refractivity contribution >= 4 is 92.8 Å². The van der Waals surface area contributed by atoms with Gasteiger partial charge in [0.15, 0.2) is 0 Å². The molecule has 2 aromatic carbocycles. The maximum Gasteiger partial charge on any atom is 0.0800 e. The van der Waals surface area contributed by atoms with Crippen LogP contribution in [0.25, 0.3) is 11.1 Å². The monoisotopic (exact) mass is 426 g/mol. The molecule has 0 aromatic heterocycles. The molecule has 0 saturated carbocycles. The Hall–Kier alpha value is 0.760. The van der Waals surface area contributed by atoms with Gasteiger partial charge in [-0.05, 0) is 12.1 Å². The predicted octanol–water partition coefficient (Wildman–Crippen LogP) is 8.58. The molecular formula is C12H2Cl8. The third-order valence-corrected chi connectivity index (χ3v) is 5.80. The molecule has 20 heavy (non-hydrogen) atoms. The lowest BCUT2D eigenvalue weighted by atomic mass is 10.1. The second-order valence-corrected chi connectivity index (χ2v) is 6.80. The van der Waals surface area contributed by atoms with Crippen LogP contribution in [0.2, 0.25) is 40.2 Å². The average molecular weight is 430 g/mol. The highest BCUT2D eigenvalue weighted by Crippen LogP contribution is 2.49. The Bertz CT molecular complexity index is 708. The summed E-state index contributed by atoms with van der Waals surface area (Å²) in [6.07, 6.45) is 0. The summed E-state index contributed by atoms with van der Waals surface area (Å²) in [4.78, 5) is 0. The molecule has 0 unspecified atom stereocenters. The average Bonchev–Trinajstić information content (AvgIpc) is 2.39. The first-order chi connectivity index (χ1) is 9.25. The van der Waals surface area contributed by atoms with Gasteiger partial charge in [-0.3, -0.25) is 0 Å². The highest BCUT2D eigenvalue weighted by Gasteiger charge is 2.21. The van der Waals surface area contributed by atoms with Gasteiger partial charge in [0.25, 0.3) is 0 Å². The Morgan fingerprint density at radius 1 is 0.450 bits per heavy atom. The van der Waals surface area contributed by atoms with E-state index in [1.807, 2.05) is 0 Å². The summed E-state index contributed by atoms with van der Waals surface area (Å²) in [5.41, 5.74) is 0.799. The molecule has 106 valence electrons. The molecule has 0 radical (unpaired) electrons. The second kappa shape index (κ2) is 6.48. The van der Waals surface area contributed by atoms with E-state index in [1.54, 1.807) is 0 Å². The Kier molecular flexibility index (Phi) is 5.55. The zero-order chi connectivity index (χ0) is 15.2.